The summed E-state index contributed by atoms with van der Waals surface area (Å²) in [4.78, 5) is 2.51. The average molecular weight is 480 g/mol. The molecule has 34 heavy (non-hydrogen) atoms. The summed E-state index contributed by atoms with van der Waals surface area (Å²) in [7, 11) is -3.44. The Hall–Kier alpha value is -2.51. The quantitative estimate of drug-likeness (QED) is 0.322. The SMILES string of the molecule is CS(=O)(=O)OCCC1CC1(COCc1ccccc1)N(Cc1ccccc1)Cc1ccccc1. The van der Waals surface area contributed by atoms with Crippen LogP contribution in [0.4, 0.5) is 0 Å². The van der Waals surface area contributed by atoms with Crippen LogP contribution < -0.4 is 0 Å². The molecule has 3 aromatic rings. The zero-order valence-electron chi connectivity index (χ0n) is 19.7. The lowest BCUT2D eigenvalue weighted by Gasteiger charge is -2.34. The molecule has 1 saturated carbocycles. The van der Waals surface area contributed by atoms with Crippen LogP contribution in [0.25, 0.3) is 0 Å². The van der Waals surface area contributed by atoms with Gasteiger partial charge in [-0.2, -0.15) is 8.42 Å². The second kappa shape index (κ2) is 11.3. The van der Waals surface area contributed by atoms with E-state index in [9.17, 15) is 8.42 Å². The predicted molar refractivity (Wildman–Crippen MR) is 134 cm³/mol. The van der Waals surface area contributed by atoms with Crippen molar-refractivity contribution in [2.24, 2.45) is 5.92 Å². The highest BCUT2D eigenvalue weighted by molar-refractivity contribution is 7.85. The molecular weight excluding hydrogens is 446 g/mol. The highest BCUT2D eigenvalue weighted by Crippen LogP contribution is 2.52. The van der Waals surface area contributed by atoms with E-state index in [1.54, 1.807) is 0 Å². The van der Waals surface area contributed by atoms with Gasteiger partial charge in [-0.05, 0) is 35.4 Å². The van der Waals surface area contributed by atoms with Crippen LogP contribution in [0.3, 0.4) is 0 Å². The zero-order valence-corrected chi connectivity index (χ0v) is 20.5. The molecule has 0 amide bonds. The molecule has 0 saturated heterocycles. The molecule has 6 heteroatoms. The molecule has 2 unspecified atom stereocenters. The predicted octanol–water partition coefficient (Wildman–Crippen LogP) is 5.03. The minimum Gasteiger partial charge on any atom is -0.375 e. The minimum atomic E-state index is -3.44. The van der Waals surface area contributed by atoms with E-state index < -0.39 is 10.1 Å². The first kappa shape index (κ1) is 24.6. The van der Waals surface area contributed by atoms with E-state index in [1.165, 1.54) is 11.1 Å². The largest absolute Gasteiger partial charge is 0.375 e. The van der Waals surface area contributed by atoms with Crippen LogP contribution in [0.15, 0.2) is 91.0 Å². The molecular formula is C28H33NO4S. The summed E-state index contributed by atoms with van der Waals surface area (Å²) in [5.74, 6) is 0.303. The van der Waals surface area contributed by atoms with Gasteiger partial charge >= 0.3 is 0 Å². The highest BCUT2D eigenvalue weighted by atomic mass is 32.2. The number of benzene rings is 3. The van der Waals surface area contributed by atoms with Crippen LogP contribution in [0.1, 0.15) is 29.5 Å². The lowest BCUT2D eigenvalue weighted by atomic mass is 10.1. The first-order valence-corrected chi connectivity index (χ1v) is 13.6. The van der Waals surface area contributed by atoms with Gasteiger partial charge in [0.05, 0.1) is 26.1 Å². The van der Waals surface area contributed by atoms with Crippen molar-refractivity contribution < 1.29 is 17.3 Å². The summed E-state index contributed by atoms with van der Waals surface area (Å²) in [6.07, 6.45) is 2.74. The van der Waals surface area contributed by atoms with Crippen molar-refractivity contribution in [2.45, 2.75) is 38.1 Å². The molecule has 0 heterocycles. The molecule has 1 fully saturated rings. The van der Waals surface area contributed by atoms with Gasteiger partial charge in [-0.25, -0.2) is 0 Å². The standard InChI is InChI=1S/C28H33NO4S/c1-34(30,31)33-18-17-27-19-28(27,23-32-22-26-15-9-4-10-16-26)29(20-24-11-5-2-6-12-24)21-25-13-7-3-8-14-25/h2-16,27H,17-23H2,1H3. The maximum atomic E-state index is 11.5. The summed E-state index contributed by atoms with van der Waals surface area (Å²) in [5.41, 5.74) is 3.48. The van der Waals surface area contributed by atoms with Crippen molar-refractivity contribution in [2.75, 3.05) is 19.5 Å². The number of ether oxygens (including phenoxy) is 1. The summed E-state index contributed by atoms with van der Waals surface area (Å²) < 4.78 is 34.3. The van der Waals surface area contributed by atoms with E-state index in [2.05, 4.69) is 65.6 Å². The topological polar surface area (TPSA) is 55.8 Å². The molecule has 0 aliphatic heterocycles. The third-order valence-electron chi connectivity index (χ3n) is 6.49. The zero-order chi connectivity index (χ0) is 23.9. The molecule has 0 N–H and O–H groups in total. The van der Waals surface area contributed by atoms with Crippen LogP contribution in [-0.2, 0) is 38.7 Å². The van der Waals surface area contributed by atoms with Crippen LogP contribution in [-0.4, -0.2) is 38.3 Å². The average Bonchev–Trinajstić information content (AvgIpc) is 3.53. The van der Waals surface area contributed by atoms with Gasteiger partial charge in [-0.15, -0.1) is 0 Å². The van der Waals surface area contributed by atoms with Crippen LogP contribution in [0.2, 0.25) is 0 Å². The summed E-state index contributed by atoms with van der Waals surface area (Å²) in [6, 6.07) is 31.1. The van der Waals surface area contributed by atoms with Gasteiger partial charge < -0.3 is 4.74 Å². The van der Waals surface area contributed by atoms with E-state index in [4.69, 9.17) is 8.92 Å². The van der Waals surface area contributed by atoms with Crippen LogP contribution >= 0.6 is 0 Å². The fourth-order valence-electron chi connectivity index (χ4n) is 4.63. The van der Waals surface area contributed by atoms with Crippen LogP contribution in [0, 0.1) is 5.92 Å². The Labute approximate surface area is 203 Å². The highest BCUT2D eigenvalue weighted by Gasteiger charge is 2.57. The number of hydrogen-bond donors (Lipinski definition) is 0. The Morgan fingerprint density at radius 2 is 1.32 bits per heavy atom. The van der Waals surface area contributed by atoms with Gasteiger partial charge in [0, 0.05) is 18.6 Å². The van der Waals surface area contributed by atoms with Crippen molar-refractivity contribution in [3.05, 3.63) is 108 Å². The molecule has 4 rings (SSSR count). The Morgan fingerprint density at radius 3 is 1.82 bits per heavy atom. The molecule has 0 aromatic heterocycles. The Morgan fingerprint density at radius 1 is 0.824 bits per heavy atom. The third kappa shape index (κ3) is 7.00. The smallest absolute Gasteiger partial charge is 0.264 e. The first-order valence-electron chi connectivity index (χ1n) is 11.7. The van der Waals surface area contributed by atoms with E-state index in [1.807, 2.05) is 30.3 Å². The van der Waals surface area contributed by atoms with Crippen molar-refractivity contribution in [1.82, 2.24) is 4.90 Å². The van der Waals surface area contributed by atoms with Gasteiger partial charge in [0.25, 0.3) is 10.1 Å². The molecule has 5 nitrogen and oxygen atoms in total. The maximum Gasteiger partial charge on any atom is 0.264 e. The van der Waals surface area contributed by atoms with E-state index in [0.29, 0.717) is 25.6 Å². The van der Waals surface area contributed by atoms with E-state index in [0.717, 1.165) is 31.3 Å². The molecule has 0 bridgehead atoms. The van der Waals surface area contributed by atoms with Gasteiger partial charge in [0.2, 0.25) is 0 Å². The number of hydrogen-bond acceptors (Lipinski definition) is 5. The Bertz CT molecular complexity index is 1080. The second-order valence-electron chi connectivity index (χ2n) is 9.13. The van der Waals surface area contributed by atoms with Crippen molar-refractivity contribution >= 4 is 10.1 Å². The first-order chi connectivity index (χ1) is 16.4. The molecule has 2 atom stereocenters. The molecule has 180 valence electrons. The molecule has 1 aliphatic carbocycles. The maximum absolute atomic E-state index is 11.5. The fraction of sp³-hybridized carbons (Fsp3) is 0.357. The molecule has 1 aliphatic rings. The minimum absolute atomic E-state index is 0.165. The van der Waals surface area contributed by atoms with Crippen molar-refractivity contribution in [3.63, 3.8) is 0 Å². The van der Waals surface area contributed by atoms with Crippen molar-refractivity contribution in [3.8, 4) is 0 Å². The van der Waals surface area contributed by atoms with E-state index in [-0.39, 0.29) is 12.1 Å². The van der Waals surface area contributed by atoms with Gasteiger partial charge in [-0.1, -0.05) is 91.0 Å². The lowest BCUT2D eigenvalue weighted by molar-refractivity contribution is 0.0200. The van der Waals surface area contributed by atoms with E-state index >= 15 is 0 Å². The molecule has 0 radical (unpaired) electrons. The number of nitrogens with zero attached hydrogens (tertiary/aromatic N) is 1. The van der Waals surface area contributed by atoms with Gasteiger partial charge in [-0.3, -0.25) is 9.08 Å². The monoisotopic (exact) mass is 479 g/mol. The second-order valence-corrected chi connectivity index (χ2v) is 10.8. The normalized spacial score (nSPS) is 19.9. The summed E-state index contributed by atoms with van der Waals surface area (Å²) in [5, 5.41) is 0. The molecule has 0 spiro atoms. The Kier molecular flexibility index (Phi) is 8.16. The van der Waals surface area contributed by atoms with Gasteiger partial charge in [0.15, 0.2) is 0 Å². The fourth-order valence-corrected chi connectivity index (χ4v) is 5.03. The van der Waals surface area contributed by atoms with Crippen LogP contribution in [0.5, 0.6) is 0 Å². The summed E-state index contributed by atoms with van der Waals surface area (Å²) >= 11 is 0. The number of rotatable bonds is 13. The lowest BCUT2D eigenvalue weighted by Crippen LogP contribution is -2.42. The van der Waals surface area contributed by atoms with Gasteiger partial charge in [0.1, 0.15) is 0 Å². The Balaban J connectivity index is 1.53. The van der Waals surface area contributed by atoms with Crippen molar-refractivity contribution in [1.29, 1.82) is 0 Å². The molecule has 3 aromatic carbocycles. The summed E-state index contributed by atoms with van der Waals surface area (Å²) in [6.45, 7) is 2.95. The third-order valence-corrected chi connectivity index (χ3v) is 7.08.